The topological polar surface area (TPSA) is 39.4 Å². The predicted molar refractivity (Wildman–Crippen MR) is 65.0 cm³/mol. The van der Waals surface area contributed by atoms with Crippen molar-refractivity contribution in [1.82, 2.24) is 0 Å². The van der Waals surface area contributed by atoms with Crippen LogP contribution in [0.1, 0.15) is 10.6 Å². The van der Waals surface area contributed by atoms with Gasteiger partial charge in [-0.1, -0.05) is 23.2 Å². The molecule has 1 aromatic heterocycles. The zero-order valence-electron chi connectivity index (χ0n) is 8.65. The molecule has 88 valence electrons. The molecule has 0 radical (unpaired) electrons. The summed E-state index contributed by atoms with van der Waals surface area (Å²) in [5.41, 5.74) is 0. The number of Topliss-reactive ketones (excluding diaryl/α,β-unsaturated/α-hetero) is 1. The van der Waals surface area contributed by atoms with Crippen LogP contribution in [-0.2, 0) is 0 Å². The van der Waals surface area contributed by atoms with Crippen LogP contribution < -0.4 is 4.74 Å². The van der Waals surface area contributed by atoms with Crippen LogP contribution >= 0.6 is 23.2 Å². The molecule has 3 nitrogen and oxygen atoms in total. The minimum atomic E-state index is -0.244. The van der Waals surface area contributed by atoms with E-state index in [-0.39, 0.29) is 18.2 Å². The Morgan fingerprint density at radius 3 is 2.53 bits per heavy atom. The molecule has 2 aromatic rings. The standard InChI is InChI=1S/C12H8Cl2O3/c13-8-4-9(14)6-10(5-8)17-7-11(15)12-2-1-3-16-12/h1-6H,7H2. The molecule has 1 heterocycles. The minimum absolute atomic E-state index is 0.121. The van der Waals surface area contributed by atoms with E-state index in [9.17, 15) is 4.79 Å². The lowest BCUT2D eigenvalue weighted by molar-refractivity contribution is 0.0894. The molecule has 0 saturated carbocycles. The van der Waals surface area contributed by atoms with Gasteiger partial charge in [0.25, 0.3) is 0 Å². The highest BCUT2D eigenvalue weighted by atomic mass is 35.5. The molecule has 0 fully saturated rings. The zero-order valence-corrected chi connectivity index (χ0v) is 10.2. The maximum absolute atomic E-state index is 11.6. The SMILES string of the molecule is O=C(COc1cc(Cl)cc(Cl)c1)c1ccco1. The quantitative estimate of drug-likeness (QED) is 0.793. The third-order valence-electron chi connectivity index (χ3n) is 2.00. The van der Waals surface area contributed by atoms with E-state index >= 15 is 0 Å². The highest BCUT2D eigenvalue weighted by molar-refractivity contribution is 6.34. The van der Waals surface area contributed by atoms with Crippen LogP contribution in [0.3, 0.4) is 0 Å². The van der Waals surface area contributed by atoms with E-state index in [1.807, 2.05) is 0 Å². The Bertz CT molecular complexity index is 500. The summed E-state index contributed by atoms with van der Waals surface area (Å²) in [4.78, 5) is 11.6. The highest BCUT2D eigenvalue weighted by Crippen LogP contribution is 2.24. The van der Waals surface area contributed by atoms with Crippen molar-refractivity contribution in [3.63, 3.8) is 0 Å². The number of ketones is 1. The first-order valence-corrected chi connectivity index (χ1v) is 5.56. The largest absolute Gasteiger partial charge is 0.485 e. The molecular weight excluding hydrogens is 263 g/mol. The molecule has 5 heteroatoms. The molecule has 17 heavy (non-hydrogen) atoms. The van der Waals surface area contributed by atoms with Gasteiger partial charge in [-0.15, -0.1) is 0 Å². The fourth-order valence-corrected chi connectivity index (χ4v) is 1.78. The number of furan rings is 1. The second-order valence-electron chi connectivity index (χ2n) is 3.29. The molecule has 0 amide bonds. The number of carbonyl (C=O) groups excluding carboxylic acids is 1. The van der Waals surface area contributed by atoms with Gasteiger partial charge in [-0.25, -0.2) is 0 Å². The van der Waals surface area contributed by atoms with Crippen LogP contribution in [0.25, 0.3) is 0 Å². The monoisotopic (exact) mass is 270 g/mol. The number of hydrogen-bond donors (Lipinski definition) is 0. The van der Waals surface area contributed by atoms with Gasteiger partial charge in [0.2, 0.25) is 5.78 Å². The molecule has 0 atom stereocenters. The van der Waals surface area contributed by atoms with Gasteiger partial charge < -0.3 is 9.15 Å². The van der Waals surface area contributed by atoms with Gasteiger partial charge in [0, 0.05) is 10.0 Å². The Balaban J connectivity index is 2.00. The molecule has 0 aliphatic heterocycles. The van der Waals surface area contributed by atoms with Gasteiger partial charge in [-0.2, -0.15) is 0 Å². The van der Waals surface area contributed by atoms with Crippen molar-refractivity contribution in [1.29, 1.82) is 0 Å². The lowest BCUT2D eigenvalue weighted by Gasteiger charge is -2.05. The molecule has 2 rings (SSSR count). The zero-order chi connectivity index (χ0) is 12.3. The number of carbonyl (C=O) groups is 1. The minimum Gasteiger partial charge on any atom is -0.485 e. The Kier molecular flexibility index (Phi) is 3.71. The average Bonchev–Trinajstić information content (AvgIpc) is 2.78. The van der Waals surface area contributed by atoms with Crippen molar-refractivity contribution in [3.05, 3.63) is 52.4 Å². The maximum Gasteiger partial charge on any atom is 0.235 e. The van der Waals surface area contributed by atoms with Crippen molar-refractivity contribution in [2.24, 2.45) is 0 Å². The second-order valence-corrected chi connectivity index (χ2v) is 4.17. The van der Waals surface area contributed by atoms with Crippen LogP contribution in [0.5, 0.6) is 5.75 Å². The van der Waals surface area contributed by atoms with Gasteiger partial charge in [0.15, 0.2) is 12.4 Å². The van der Waals surface area contributed by atoms with Gasteiger partial charge in [-0.3, -0.25) is 4.79 Å². The number of halogens is 2. The van der Waals surface area contributed by atoms with Gasteiger partial charge in [-0.05, 0) is 30.3 Å². The lowest BCUT2D eigenvalue weighted by Crippen LogP contribution is -2.10. The Morgan fingerprint density at radius 1 is 1.24 bits per heavy atom. The molecule has 0 aliphatic carbocycles. The second kappa shape index (κ2) is 5.25. The first-order valence-electron chi connectivity index (χ1n) is 4.81. The van der Waals surface area contributed by atoms with Crippen molar-refractivity contribution in [2.75, 3.05) is 6.61 Å². The molecule has 0 bridgehead atoms. The van der Waals surface area contributed by atoms with E-state index in [1.165, 1.54) is 6.26 Å². The summed E-state index contributed by atoms with van der Waals surface area (Å²) in [5, 5.41) is 0.913. The third kappa shape index (κ3) is 3.25. The summed E-state index contributed by atoms with van der Waals surface area (Å²) in [6.45, 7) is -0.121. The normalized spacial score (nSPS) is 10.2. The summed E-state index contributed by atoms with van der Waals surface area (Å²) < 4.78 is 10.2. The van der Waals surface area contributed by atoms with Crippen LogP contribution in [0.2, 0.25) is 10.0 Å². The molecular formula is C12H8Cl2O3. The Hall–Kier alpha value is -1.45. The predicted octanol–water partition coefficient (Wildman–Crippen LogP) is 3.85. The number of benzene rings is 1. The van der Waals surface area contributed by atoms with E-state index in [0.29, 0.717) is 15.8 Å². The van der Waals surface area contributed by atoms with Crippen LogP contribution in [0.4, 0.5) is 0 Å². The highest BCUT2D eigenvalue weighted by Gasteiger charge is 2.09. The number of ether oxygens (including phenoxy) is 1. The summed E-state index contributed by atoms with van der Waals surface area (Å²) in [5.74, 6) is 0.464. The fourth-order valence-electron chi connectivity index (χ4n) is 1.27. The summed E-state index contributed by atoms with van der Waals surface area (Å²) in [6.07, 6.45) is 1.43. The van der Waals surface area contributed by atoms with Gasteiger partial charge >= 0.3 is 0 Å². The summed E-state index contributed by atoms with van der Waals surface area (Å²) in [6, 6.07) is 7.98. The molecule has 0 unspecified atom stereocenters. The summed E-state index contributed by atoms with van der Waals surface area (Å²) in [7, 11) is 0. The smallest absolute Gasteiger partial charge is 0.235 e. The van der Waals surface area contributed by atoms with Crippen molar-refractivity contribution >= 4 is 29.0 Å². The van der Waals surface area contributed by atoms with E-state index in [4.69, 9.17) is 32.4 Å². The third-order valence-corrected chi connectivity index (χ3v) is 2.44. The molecule has 0 N–H and O–H groups in total. The Morgan fingerprint density at radius 2 is 1.94 bits per heavy atom. The number of rotatable bonds is 4. The van der Waals surface area contributed by atoms with Gasteiger partial charge in [0.1, 0.15) is 5.75 Å². The Labute approximate surface area is 108 Å². The van der Waals surface area contributed by atoms with Gasteiger partial charge in [0.05, 0.1) is 6.26 Å². The van der Waals surface area contributed by atoms with E-state index < -0.39 is 0 Å². The first kappa shape index (κ1) is 12.0. The van der Waals surface area contributed by atoms with E-state index in [2.05, 4.69) is 0 Å². The van der Waals surface area contributed by atoms with E-state index in [0.717, 1.165) is 0 Å². The van der Waals surface area contributed by atoms with Crippen LogP contribution in [-0.4, -0.2) is 12.4 Å². The number of hydrogen-bond acceptors (Lipinski definition) is 3. The van der Waals surface area contributed by atoms with Crippen LogP contribution in [0.15, 0.2) is 41.0 Å². The van der Waals surface area contributed by atoms with E-state index in [1.54, 1.807) is 30.3 Å². The first-order chi connectivity index (χ1) is 8.15. The maximum atomic E-state index is 11.6. The lowest BCUT2D eigenvalue weighted by atomic mass is 10.3. The average molecular weight is 271 g/mol. The fraction of sp³-hybridized carbons (Fsp3) is 0.0833. The molecule has 1 aromatic carbocycles. The molecule has 0 spiro atoms. The molecule has 0 aliphatic rings. The van der Waals surface area contributed by atoms with Crippen molar-refractivity contribution in [3.8, 4) is 5.75 Å². The van der Waals surface area contributed by atoms with Crippen molar-refractivity contribution < 1.29 is 13.9 Å². The van der Waals surface area contributed by atoms with Crippen LogP contribution in [0, 0.1) is 0 Å². The summed E-state index contributed by atoms with van der Waals surface area (Å²) >= 11 is 11.6. The van der Waals surface area contributed by atoms with Crippen molar-refractivity contribution in [2.45, 2.75) is 0 Å². The molecule has 0 saturated heterocycles.